The lowest BCUT2D eigenvalue weighted by Gasteiger charge is -2.29. The lowest BCUT2D eigenvalue weighted by Crippen LogP contribution is -2.63. The maximum Gasteiger partial charge on any atom is 0.384 e. The first-order chi connectivity index (χ1) is 17.9. The van der Waals surface area contributed by atoms with Crippen molar-refractivity contribution in [2.75, 3.05) is 13.7 Å². The van der Waals surface area contributed by atoms with Crippen LogP contribution in [0.3, 0.4) is 0 Å². The second kappa shape index (κ2) is 11.6. The number of alkyl halides is 4. The highest BCUT2D eigenvalue weighted by molar-refractivity contribution is 5.99. The molecule has 0 spiro atoms. The molecule has 1 aromatic heterocycles. The summed E-state index contributed by atoms with van der Waals surface area (Å²) in [5.41, 5.74) is -0.677. The number of epoxide rings is 1. The topological polar surface area (TPSA) is 168 Å². The third-order valence-corrected chi connectivity index (χ3v) is 5.62. The molecule has 12 nitrogen and oxygen atoms in total. The number of carbonyl (C=O) groups is 4. The summed E-state index contributed by atoms with van der Waals surface area (Å²) >= 11 is 0. The molecule has 38 heavy (non-hydrogen) atoms. The number of halogens is 4. The molecule has 1 aliphatic rings. The first-order valence-electron chi connectivity index (χ1n) is 11.1. The van der Waals surface area contributed by atoms with Crippen molar-refractivity contribution >= 4 is 23.5 Å². The summed E-state index contributed by atoms with van der Waals surface area (Å²) in [5, 5.41) is 10.7. The standard InChI is InChI=1S/C22H24F4N6O6/c1-21(9-38-21)15(33)12(8-11-6-4-3-5-7-11)29-19(35)14(22(25,26)37-2)31-18(34)13(16(23)24)30-20(36)17-27-10-28-32-17/h3-7,10,12-14,16H,8-9H2,1-2H3,(H,29,35)(H,30,36)(H,31,34)(H,27,28,32)/t12-,13+,14-,21+/m0/s1. The number of hydrogen-bond acceptors (Lipinski definition) is 8. The van der Waals surface area contributed by atoms with E-state index in [-0.39, 0.29) is 13.0 Å². The number of ether oxygens (including phenoxy) is 2. The fraction of sp³-hybridized carbons (Fsp3) is 0.455. The van der Waals surface area contributed by atoms with Crippen LogP contribution in [0.4, 0.5) is 17.6 Å². The van der Waals surface area contributed by atoms with Crippen molar-refractivity contribution in [2.45, 2.75) is 49.6 Å². The van der Waals surface area contributed by atoms with Crippen LogP contribution in [0.25, 0.3) is 0 Å². The van der Waals surface area contributed by atoms with Crippen molar-refractivity contribution in [3.05, 3.63) is 48.0 Å². The van der Waals surface area contributed by atoms with Gasteiger partial charge < -0.3 is 25.4 Å². The third-order valence-electron chi connectivity index (χ3n) is 5.62. The van der Waals surface area contributed by atoms with Gasteiger partial charge in [0.15, 0.2) is 17.9 Å². The van der Waals surface area contributed by atoms with E-state index in [2.05, 4.69) is 25.2 Å². The van der Waals surface area contributed by atoms with E-state index < -0.39 is 65.6 Å². The molecule has 1 aliphatic heterocycles. The Bertz CT molecular complexity index is 1150. The summed E-state index contributed by atoms with van der Waals surface area (Å²) in [6.07, 6.45) is -7.19. The van der Waals surface area contributed by atoms with Crippen LogP contribution in [0.5, 0.6) is 0 Å². The Morgan fingerprint density at radius 3 is 2.32 bits per heavy atom. The normalized spacial score (nSPS) is 19.2. The SMILES string of the molecule is COC(F)(F)[C@@H](NC(=O)[C@H](NC(=O)c1ncn[nH]1)C(F)F)C(=O)N[C@@H](Cc1ccccc1)C(=O)[C@@]1(C)CO1. The van der Waals surface area contributed by atoms with Gasteiger partial charge in [0.25, 0.3) is 18.2 Å². The highest BCUT2D eigenvalue weighted by Crippen LogP contribution is 2.29. The smallest absolute Gasteiger partial charge is 0.361 e. The molecule has 4 N–H and O–H groups in total. The molecule has 1 saturated heterocycles. The first-order valence-corrected chi connectivity index (χ1v) is 11.1. The Balaban J connectivity index is 1.81. The molecule has 0 saturated carbocycles. The lowest BCUT2D eigenvalue weighted by atomic mass is 9.94. The number of rotatable bonds is 13. The van der Waals surface area contributed by atoms with Gasteiger partial charge in [-0.3, -0.25) is 24.3 Å². The number of carbonyl (C=O) groups excluding carboxylic acids is 4. The van der Waals surface area contributed by atoms with Gasteiger partial charge in [-0.05, 0) is 18.9 Å². The maximum atomic E-state index is 14.6. The van der Waals surface area contributed by atoms with Crippen LogP contribution in [-0.4, -0.2) is 88.7 Å². The zero-order valence-electron chi connectivity index (χ0n) is 20.0. The van der Waals surface area contributed by atoms with Crippen LogP contribution in [0.1, 0.15) is 23.1 Å². The largest absolute Gasteiger partial charge is 0.384 e. The van der Waals surface area contributed by atoms with E-state index in [1.807, 2.05) is 0 Å². The Morgan fingerprint density at radius 1 is 1.13 bits per heavy atom. The van der Waals surface area contributed by atoms with Crippen LogP contribution in [0, 0.1) is 0 Å². The molecule has 0 aliphatic carbocycles. The van der Waals surface area contributed by atoms with Gasteiger partial charge in [0.1, 0.15) is 11.9 Å². The molecule has 1 fully saturated rings. The Hall–Kier alpha value is -3.92. The summed E-state index contributed by atoms with van der Waals surface area (Å²) in [7, 11) is 0.522. The first kappa shape index (κ1) is 28.6. The third kappa shape index (κ3) is 6.89. The monoisotopic (exact) mass is 544 g/mol. The van der Waals surface area contributed by atoms with E-state index in [0.29, 0.717) is 12.7 Å². The highest BCUT2D eigenvalue weighted by Gasteiger charge is 2.52. The number of aromatic amines is 1. The van der Waals surface area contributed by atoms with Crippen molar-refractivity contribution in [1.82, 2.24) is 31.1 Å². The molecule has 1 aromatic carbocycles. The number of amides is 3. The quantitative estimate of drug-likeness (QED) is 0.202. The Morgan fingerprint density at radius 2 is 1.79 bits per heavy atom. The van der Waals surface area contributed by atoms with Gasteiger partial charge >= 0.3 is 6.11 Å². The Labute approximate surface area is 212 Å². The number of Topliss-reactive ketones (excluding diaryl/α,β-unsaturated/α-hetero) is 1. The highest BCUT2D eigenvalue weighted by atomic mass is 19.3. The minimum atomic E-state index is -4.40. The number of nitrogens with zero attached hydrogens (tertiary/aromatic N) is 2. The molecule has 2 aromatic rings. The average molecular weight is 544 g/mol. The van der Waals surface area contributed by atoms with Crippen LogP contribution in [0.15, 0.2) is 36.7 Å². The summed E-state index contributed by atoms with van der Waals surface area (Å²) in [5.74, 6) is -5.86. The zero-order valence-corrected chi connectivity index (χ0v) is 20.0. The summed E-state index contributed by atoms with van der Waals surface area (Å²) < 4.78 is 65.5. The van der Waals surface area contributed by atoms with Gasteiger partial charge in [-0.25, -0.2) is 13.8 Å². The van der Waals surface area contributed by atoms with Gasteiger partial charge in [-0.2, -0.15) is 13.9 Å². The van der Waals surface area contributed by atoms with Crippen LogP contribution >= 0.6 is 0 Å². The van der Waals surface area contributed by atoms with E-state index in [9.17, 15) is 36.7 Å². The number of benzene rings is 1. The average Bonchev–Trinajstić information content (AvgIpc) is 3.39. The van der Waals surface area contributed by atoms with Crippen molar-refractivity contribution in [3.8, 4) is 0 Å². The van der Waals surface area contributed by atoms with Crippen molar-refractivity contribution in [3.63, 3.8) is 0 Å². The van der Waals surface area contributed by atoms with E-state index in [0.717, 1.165) is 6.33 Å². The molecule has 4 atom stereocenters. The van der Waals surface area contributed by atoms with Crippen LogP contribution in [0.2, 0.25) is 0 Å². The van der Waals surface area contributed by atoms with Crippen molar-refractivity contribution in [2.24, 2.45) is 0 Å². The molecular formula is C22H24F4N6O6. The van der Waals surface area contributed by atoms with Gasteiger partial charge in [-0.1, -0.05) is 30.3 Å². The van der Waals surface area contributed by atoms with Gasteiger partial charge in [-0.15, -0.1) is 0 Å². The fourth-order valence-electron chi connectivity index (χ4n) is 3.35. The fourth-order valence-corrected chi connectivity index (χ4v) is 3.35. The molecule has 0 unspecified atom stereocenters. The molecule has 3 rings (SSSR count). The van der Waals surface area contributed by atoms with Crippen molar-refractivity contribution < 1.29 is 46.2 Å². The molecule has 3 amide bonds. The van der Waals surface area contributed by atoms with E-state index in [4.69, 9.17) is 4.74 Å². The van der Waals surface area contributed by atoms with Crippen LogP contribution in [-0.2, 0) is 30.3 Å². The number of hydrogen-bond donors (Lipinski definition) is 4. The molecule has 16 heteroatoms. The summed E-state index contributed by atoms with van der Waals surface area (Å²) in [6, 6.07) is 1.41. The number of aromatic nitrogens is 3. The number of ketones is 1. The van der Waals surface area contributed by atoms with Crippen molar-refractivity contribution in [1.29, 1.82) is 0 Å². The minimum absolute atomic E-state index is 0.0440. The molecular weight excluding hydrogens is 520 g/mol. The van der Waals surface area contributed by atoms with E-state index >= 15 is 0 Å². The summed E-state index contributed by atoms with van der Waals surface area (Å²) in [4.78, 5) is 53.9. The predicted molar refractivity (Wildman–Crippen MR) is 119 cm³/mol. The number of methoxy groups -OCH3 is 1. The maximum absolute atomic E-state index is 14.6. The Kier molecular flexibility index (Phi) is 8.78. The number of nitrogens with one attached hydrogen (secondary N) is 4. The second-order valence-corrected chi connectivity index (χ2v) is 8.46. The summed E-state index contributed by atoms with van der Waals surface area (Å²) in [6.45, 7) is 1.50. The lowest BCUT2D eigenvalue weighted by molar-refractivity contribution is -0.238. The minimum Gasteiger partial charge on any atom is -0.361 e. The van der Waals surface area contributed by atoms with E-state index in [1.165, 1.54) is 12.2 Å². The zero-order chi connectivity index (χ0) is 28.1. The number of H-pyrrole nitrogens is 1. The van der Waals surface area contributed by atoms with Gasteiger partial charge in [0, 0.05) is 7.11 Å². The molecule has 2 heterocycles. The van der Waals surface area contributed by atoms with E-state index in [1.54, 1.807) is 35.6 Å². The molecule has 0 bridgehead atoms. The molecule has 206 valence electrons. The van der Waals surface area contributed by atoms with Crippen LogP contribution < -0.4 is 16.0 Å². The van der Waals surface area contributed by atoms with Gasteiger partial charge in [0.2, 0.25) is 11.7 Å². The predicted octanol–water partition coefficient (Wildman–Crippen LogP) is -0.0223. The second-order valence-electron chi connectivity index (χ2n) is 8.46. The van der Waals surface area contributed by atoms with Gasteiger partial charge in [0.05, 0.1) is 12.6 Å². The molecule has 0 radical (unpaired) electrons.